The summed E-state index contributed by atoms with van der Waals surface area (Å²) in [5, 5.41) is 0. The van der Waals surface area contributed by atoms with E-state index < -0.39 is 17.7 Å². The molecule has 0 aromatic carbocycles. The first-order chi connectivity index (χ1) is 7.93. The van der Waals surface area contributed by atoms with Crippen LogP contribution in [-0.4, -0.2) is 42.8 Å². The molecule has 0 radical (unpaired) electrons. The minimum absolute atomic E-state index is 0.277. The van der Waals surface area contributed by atoms with Crippen LogP contribution in [0.2, 0.25) is 0 Å². The normalized spacial score (nSPS) is 24.3. The number of rotatable bonds is 3. The van der Waals surface area contributed by atoms with Crippen LogP contribution in [-0.2, 0) is 14.3 Å². The van der Waals surface area contributed by atoms with Crippen LogP contribution in [0.1, 0.15) is 33.1 Å². The van der Waals surface area contributed by atoms with Gasteiger partial charge in [-0.2, -0.15) is 0 Å². The van der Waals surface area contributed by atoms with Gasteiger partial charge in [0.1, 0.15) is 0 Å². The molecule has 2 fully saturated rings. The summed E-state index contributed by atoms with van der Waals surface area (Å²) in [6.07, 6.45) is 2.36. The van der Waals surface area contributed by atoms with Crippen LogP contribution in [0.3, 0.4) is 0 Å². The Labute approximate surface area is 101 Å². The van der Waals surface area contributed by atoms with E-state index in [1.165, 1.54) is 7.11 Å². The minimum Gasteiger partial charge on any atom is -0.466 e. The molecule has 2 rings (SSSR count). The van der Waals surface area contributed by atoms with Gasteiger partial charge in [-0.3, -0.25) is 0 Å². The van der Waals surface area contributed by atoms with E-state index in [4.69, 9.17) is 9.47 Å². The lowest BCUT2D eigenvalue weighted by Crippen LogP contribution is -2.53. The number of carbonyl (C=O) groups is 2. The number of carbonyl (C=O) groups excluding carboxylic acids is 2. The molecule has 1 saturated heterocycles. The third kappa shape index (κ3) is 1.87. The van der Waals surface area contributed by atoms with Gasteiger partial charge in [0.25, 0.3) is 0 Å². The van der Waals surface area contributed by atoms with E-state index in [9.17, 15) is 9.59 Å². The van der Waals surface area contributed by atoms with Crippen molar-refractivity contribution in [2.75, 3.05) is 20.2 Å². The van der Waals surface area contributed by atoms with E-state index in [0.29, 0.717) is 13.1 Å². The van der Waals surface area contributed by atoms with Crippen molar-refractivity contribution in [3.05, 3.63) is 0 Å². The Morgan fingerprint density at radius 2 is 1.88 bits per heavy atom. The van der Waals surface area contributed by atoms with Crippen LogP contribution in [0.5, 0.6) is 0 Å². The van der Waals surface area contributed by atoms with Gasteiger partial charge < -0.3 is 14.4 Å². The summed E-state index contributed by atoms with van der Waals surface area (Å²) < 4.78 is 10.2. The van der Waals surface area contributed by atoms with Crippen molar-refractivity contribution < 1.29 is 19.1 Å². The lowest BCUT2D eigenvalue weighted by atomic mass is 9.87. The third-order valence-corrected chi connectivity index (χ3v) is 4.13. The van der Waals surface area contributed by atoms with Gasteiger partial charge in [0.05, 0.1) is 7.11 Å². The fourth-order valence-electron chi connectivity index (χ4n) is 2.01. The number of ether oxygens (including phenoxy) is 2. The van der Waals surface area contributed by atoms with E-state index in [1.807, 2.05) is 6.92 Å². The lowest BCUT2D eigenvalue weighted by molar-refractivity contribution is -0.169. The fourth-order valence-corrected chi connectivity index (χ4v) is 2.01. The largest absolute Gasteiger partial charge is 0.466 e. The first-order valence-corrected chi connectivity index (χ1v) is 5.99. The zero-order valence-corrected chi connectivity index (χ0v) is 10.6. The molecule has 1 unspecified atom stereocenters. The molecule has 1 saturated carbocycles. The highest BCUT2D eigenvalue weighted by Crippen LogP contribution is 2.55. The van der Waals surface area contributed by atoms with E-state index in [-0.39, 0.29) is 5.41 Å². The predicted octanol–water partition coefficient (Wildman–Crippen LogP) is 1.56. The first kappa shape index (κ1) is 12.2. The Bertz CT molecular complexity index is 346. The number of esters is 1. The van der Waals surface area contributed by atoms with Crippen molar-refractivity contribution in [2.45, 2.75) is 38.7 Å². The quantitative estimate of drug-likeness (QED) is 0.704. The Hall–Kier alpha value is -1.26. The van der Waals surface area contributed by atoms with Crippen LogP contribution in [0, 0.1) is 5.41 Å². The van der Waals surface area contributed by atoms with Crippen molar-refractivity contribution in [1.82, 2.24) is 4.90 Å². The maximum absolute atomic E-state index is 11.9. The molecule has 2 aliphatic rings. The van der Waals surface area contributed by atoms with E-state index in [1.54, 1.807) is 11.8 Å². The fraction of sp³-hybridized carbons (Fsp3) is 0.833. The van der Waals surface area contributed by atoms with Crippen LogP contribution in [0.15, 0.2) is 0 Å². The van der Waals surface area contributed by atoms with Gasteiger partial charge in [-0.05, 0) is 26.2 Å². The Morgan fingerprint density at radius 3 is 2.24 bits per heavy atom. The summed E-state index contributed by atoms with van der Waals surface area (Å²) in [5.41, 5.74) is -1.44. The number of likely N-dealkylation sites (tertiary alicyclic amines) is 1. The Kier molecular flexibility index (Phi) is 2.79. The molecule has 1 heterocycles. The molecule has 1 aliphatic carbocycles. The monoisotopic (exact) mass is 241 g/mol. The molecule has 1 aliphatic heterocycles. The Balaban J connectivity index is 2.10. The molecule has 1 atom stereocenters. The minimum atomic E-state index is -1.16. The number of amides is 1. The second kappa shape index (κ2) is 3.89. The number of methoxy groups -OCH3 is 1. The van der Waals surface area contributed by atoms with Crippen molar-refractivity contribution in [3.8, 4) is 0 Å². The topological polar surface area (TPSA) is 55.8 Å². The molecule has 0 spiro atoms. The SMILES string of the molecule is COC(=O)C(C)(OC(=O)N1CCC1)C1(C)CC1. The van der Waals surface area contributed by atoms with Gasteiger partial charge in [-0.15, -0.1) is 0 Å². The average Bonchev–Trinajstić information content (AvgIpc) is 2.93. The van der Waals surface area contributed by atoms with Crippen molar-refractivity contribution in [2.24, 2.45) is 5.41 Å². The van der Waals surface area contributed by atoms with Crippen molar-refractivity contribution in [1.29, 1.82) is 0 Å². The molecule has 96 valence electrons. The third-order valence-electron chi connectivity index (χ3n) is 4.13. The molecular weight excluding hydrogens is 222 g/mol. The second-order valence-corrected chi connectivity index (χ2v) is 5.29. The second-order valence-electron chi connectivity index (χ2n) is 5.29. The standard InChI is InChI=1S/C12H19NO4/c1-11(5-6-11)12(2,9(14)16-3)17-10(15)13-7-4-8-13/h4-8H2,1-3H3. The predicted molar refractivity (Wildman–Crippen MR) is 60.4 cm³/mol. The summed E-state index contributed by atoms with van der Waals surface area (Å²) in [7, 11) is 1.32. The summed E-state index contributed by atoms with van der Waals surface area (Å²) >= 11 is 0. The van der Waals surface area contributed by atoms with Gasteiger partial charge in [-0.25, -0.2) is 9.59 Å². The first-order valence-electron chi connectivity index (χ1n) is 5.99. The van der Waals surface area contributed by atoms with E-state index in [2.05, 4.69) is 0 Å². The smallest absolute Gasteiger partial charge is 0.410 e. The molecule has 0 aromatic rings. The van der Waals surface area contributed by atoms with Gasteiger partial charge in [0, 0.05) is 18.5 Å². The molecular formula is C12H19NO4. The van der Waals surface area contributed by atoms with Crippen LogP contribution >= 0.6 is 0 Å². The molecule has 5 heteroatoms. The van der Waals surface area contributed by atoms with Crippen LogP contribution in [0.25, 0.3) is 0 Å². The van der Waals surface area contributed by atoms with Crippen LogP contribution < -0.4 is 0 Å². The Morgan fingerprint density at radius 1 is 1.29 bits per heavy atom. The zero-order chi connectivity index (χ0) is 12.7. The lowest BCUT2D eigenvalue weighted by Gasteiger charge is -2.37. The molecule has 5 nitrogen and oxygen atoms in total. The maximum atomic E-state index is 11.9. The van der Waals surface area contributed by atoms with E-state index in [0.717, 1.165) is 19.3 Å². The average molecular weight is 241 g/mol. The molecule has 0 bridgehead atoms. The molecule has 0 N–H and O–H groups in total. The van der Waals surface area contributed by atoms with Crippen LogP contribution in [0.4, 0.5) is 4.79 Å². The number of nitrogens with zero attached hydrogens (tertiary/aromatic N) is 1. The summed E-state index contributed by atoms with van der Waals surface area (Å²) in [4.78, 5) is 25.3. The molecule has 1 amide bonds. The van der Waals surface area contributed by atoms with Gasteiger partial charge in [0.2, 0.25) is 5.60 Å². The summed E-state index contributed by atoms with van der Waals surface area (Å²) in [5.74, 6) is -0.466. The molecule has 0 aromatic heterocycles. The number of hydrogen-bond donors (Lipinski definition) is 0. The van der Waals surface area contributed by atoms with E-state index >= 15 is 0 Å². The zero-order valence-electron chi connectivity index (χ0n) is 10.6. The summed E-state index contributed by atoms with van der Waals surface area (Å²) in [6, 6.07) is 0. The highest BCUT2D eigenvalue weighted by Gasteiger charge is 2.61. The number of hydrogen-bond acceptors (Lipinski definition) is 4. The highest BCUT2D eigenvalue weighted by molar-refractivity contribution is 5.84. The van der Waals surface area contributed by atoms with Gasteiger partial charge in [0.15, 0.2) is 0 Å². The molecule has 17 heavy (non-hydrogen) atoms. The van der Waals surface area contributed by atoms with Gasteiger partial charge in [-0.1, -0.05) is 6.92 Å². The highest BCUT2D eigenvalue weighted by atomic mass is 16.6. The van der Waals surface area contributed by atoms with Crippen molar-refractivity contribution >= 4 is 12.1 Å². The summed E-state index contributed by atoms with van der Waals surface area (Å²) in [6.45, 7) is 5.04. The van der Waals surface area contributed by atoms with Crippen molar-refractivity contribution in [3.63, 3.8) is 0 Å². The van der Waals surface area contributed by atoms with Gasteiger partial charge >= 0.3 is 12.1 Å². The maximum Gasteiger partial charge on any atom is 0.410 e.